The summed E-state index contributed by atoms with van der Waals surface area (Å²) in [6.07, 6.45) is 0. The molecular weight excluding hydrogens is 266 g/mol. The van der Waals surface area contributed by atoms with Gasteiger partial charge in [0.15, 0.2) is 0 Å². The van der Waals surface area contributed by atoms with Crippen molar-refractivity contribution in [3.05, 3.63) is 36.0 Å². The molecule has 1 amide bonds. The number of nitrogens with zero attached hydrogens (tertiary/aromatic N) is 2. The molecule has 0 radical (unpaired) electrons. The second-order valence-corrected chi connectivity index (χ2v) is 5.14. The molecular formula is C16H21N3O2. The van der Waals surface area contributed by atoms with E-state index in [0.717, 1.165) is 16.6 Å². The van der Waals surface area contributed by atoms with Crippen LogP contribution in [0.1, 0.15) is 24.3 Å². The van der Waals surface area contributed by atoms with Crippen LogP contribution in [0.25, 0.3) is 10.9 Å². The van der Waals surface area contributed by atoms with E-state index in [1.165, 1.54) is 0 Å². The van der Waals surface area contributed by atoms with Gasteiger partial charge in [0.2, 0.25) is 0 Å². The number of hydrogen-bond acceptors (Lipinski definition) is 4. The number of aromatic nitrogens is 1. The number of aliphatic hydroxyl groups excluding tert-OH is 1. The van der Waals surface area contributed by atoms with Gasteiger partial charge in [-0.05, 0) is 26.0 Å². The topological polar surface area (TPSA) is 65.5 Å². The van der Waals surface area contributed by atoms with Gasteiger partial charge in [0.05, 0.1) is 12.1 Å². The molecule has 112 valence electrons. The highest BCUT2D eigenvalue weighted by Gasteiger charge is 2.20. The fourth-order valence-electron chi connectivity index (χ4n) is 2.34. The Balaban J connectivity index is 2.48. The lowest BCUT2D eigenvalue weighted by Crippen LogP contribution is -2.39. The van der Waals surface area contributed by atoms with E-state index in [-0.39, 0.29) is 18.6 Å². The molecule has 2 rings (SSSR count). The molecule has 0 saturated heterocycles. The van der Waals surface area contributed by atoms with Crippen LogP contribution in [-0.2, 0) is 0 Å². The number of carbonyl (C=O) groups is 1. The molecule has 5 nitrogen and oxygen atoms in total. The average molecular weight is 287 g/mol. The number of hydrogen-bond donors (Lipinski definition) is 2. The second-order valence-electron chi connectivity index (χ2n) is 5.14. The van der Waals surface area contributed by atoms with Crippen LogP contribution in [0.5, 0.6) is 0 Å². The Morgan fingerprint density at radius 3 is 2.71 bits per heavy atom. The summed E-state index contributed by atoms with van der Waals surface area (Å²) >= 11 is 0. The Hall–Kier alpha value is -2.14. The number of fused-ring (bicyclic) bond motifs is 1. The van der Waals surface area contributed by atoms with Crippen molar-refractivity contribution in [2.24, 2.45) is 0 Å². The first-order valence-corrected chi connectivity index (χ1v) is 7.08. The van der Waals surface area contributed by atoms with E-state index in [0.29, 0.717) is 12.2 Å². The van der Waals surface area contributed by atoms with Gasteiger partial charge >= 0.3 is 0 Å². The highest BCUT2D eigenvalue weighted by atomic mass is 16.3. The zero-order chi connectivity index (χ0) is 15.4. The summed E-state index contributed by atoms with van der Waals surface area (Å²) in [6, 6.07) is 9.47. The standard InChI is InChI=1S/C16H21N3O2/c1-11(2)19(8-9-20)16(21)15-10-14(17-3)12-6-4-5-7-13(12)18-15/h4-7,10-11,20H,8-9H2,1-3H3,(H,17,18). The molecule has 5 heteroatoms. The van der Waals surface area contributed by atoms with Gasteiger partial charge in [-0.25, -0.2) is 4.98 Å². The van der Waals surface area contributed by atoms with Gasteiger partial charge in [-0.2, -0.15) is 0 Å². The second kappa shape index (κ2) is 6.54. The van der Waals surface area contributed by atoms with Crippen LogP contribution in [0.2, 0.25) is 0 Å². The minimum Gasteiger partial charge on any atom is -0.395 e. The molecule has 2 aromatic rings. The van der Waals surface area contributed by atoms with Crippen molar-refractivity contribution >= 4 is 22.5 Å². The van der Waals surface area contributed by atoms with E-state index in [2.05, 4.69) is 10.3 Å². The molecule has 0 bridgehead atoms. The van der Waals surface area contributed by atoms with Crippen LogP contribution < -0.4 is 5.32 Å². The van der Waals surface area contributed by atoms with E-state index in [1.54, 1.807) is 11.0 Å². The van der Waals surface area contributed by atoms with Crippen molar-refractivity contribution < 1.29 is 9.90 Å². The van der Waals surface area contributed by atoms with Gasteiger partial charge in [0.1, 0.15) is 5.69 Å². The van der Waals surface area contributed by atoms with Crippen molar-refractivity contribution in [3.8, 4) is 0 Å². The zero-order valence-electron chi connectivity index (χ0n) is 12.6. The van der Waals surface area contributed by atoms with Gasteiger partial charge in [0, 0.05) is 30.7 Å². The molecule has 0 aliphatic carbocycles. The summed E-state index contributed by atoms with van der Waals surface area (Å²) in [6.45, 7) is 4.09. The molecule has 2 N–H and O–H groups in total. The molecule has 0 aliphatic heterocycles. The highest BCUT2D eigenvalue weighted by Crippen LogP contribution is 2.23. The Labute approximate surface area is 124 Å². The predicted molar refractivity (Wildman–Crippen MR) is 84.5 cm³/mol. The predicted octanol–water partition coefficient (Wildman–Crippen LogP) is 2.12. The Morgan fingerprint density at radius 1 is 1.38 bits per heavy atom. The van der Waals surface area contributed by atoms with E-state index in [9.17, 15) is 4.79 Å². The molecule has 1 heterocycles. The van der Waals surface area contributed by atoms with E-state index in [4.69, 9.17) is 5.11 Å². The molecule has 1 aromatic heterocycles. The Bertz CT molecular complexity index is 640. The summed E-state index contributed by atoms with van der Waals surface area (Å²) in [7, 11) is 1.82. The maximum Gasteiger partial charge on any atom is 0.272 e. The lowest BCUT2D eigenvalue weighted by molar-refractivity contribution is 0.0660. The number of benzene rings is 1. The smallest absolute Gasteiger partial charge is 0.272 e. The number of rotatable bonds is 5. The monoisotopic (exact) mass is 287 g/mol. The van der Waals surface area contributed by atoms with Crippen LogP contribution in [0.3, 0.4) is 0 Å². The lowest BCUT2D eigenvalue weighted by Gasteiger charge is -2.25. The fourth-order valence-corrected chi connectivity index (χ4v) is 2.34. The third-order valence-corrected chi connectivity index (χ3v) is 3.43. The van der Waals surface area contributed by atoms with Crippen LogP contribution in [0.15, 0.2) is 30.3 Å². The minimum atomic E-state index is -0.165. The van der Waals surface area contributed by atoms with E-state index >= 15 is 0 Å². The van der Waals surface area contributed by atoms with Gasteiger partial charge < -0.3 is 15.3 Å². The van der Waals surface area contributed by atoms with Crippen molar-refractivity contribution in [1.29, 1.82) is 0 Å². The SMILES string of the molecule is CNc1cc(C(=O)N(CCO)C(C)C)nc2ccccc12. The van der Waals surface area contributed by atoms with Crippen molar-refractivity contribution in [2.45, 2.75) is 19.9 Å². The molecule has 1 aromatic carbocycles. The summed E-state index contributed by atoms with van der Waals surface area (Å²) < 4.78 is 0. The number of para-hydroxylation sites is 1. The molecule has 0 spiro atoms. The van der Waals surface area contributed by atoms with Crippen molar-refractivity contribution in [2.75, 3.05) is 25.5 Å². The number of nitrogens with one attached hydrogen (secondary N) is 1. The van der Waals surface area contributed by atoms with Gasteiger partial charge in [-0.3, -0.25) is 4.79 Å². The normalized spacial score (nSPS) is 10.9. The number of aliphatic hydroxyl groups is 1. The summed E-state index contributed by atoms with van der Waals surface area (Å²) in [5.41, 5.74) is 2.04. The van der Waals surface area contributed by atoms with Crippen molar-refractivity contribution in [3.63, 3.8) is 0 Å². The fraction of sp³-hybridized carbons (Fsp3) is 0.375. The van der Waals surface area contributed by atoms with Crippen LogP contribution in [-0.4, -0.2) is 47.1 Å². The van der Waals surface area contributed by atoms with Gasteiger partial charge in [-0.1, -0.05) is 18.2 Å². The Kier molecular flexibility index (Phi) is 4.75. The molecule has 0 saturated carbocycles. The highest BCUT2D eigenvalue weighted by molar-refractivity contribution is 5.99. The quantitative estimate of drug-likeness (QED) is 0.884. The van der Waals surface area contributed by atoms with Gasteiger partial charge in [0.25, 0.3) is 5.91 Å². The van der Waals surface area contributed by atoms with Crippen molar-refractivity contribution in [1.82, 2.24) is 9.88 Å². The first-order valence-electron chi connectivity index (χ1n) is 7.08. The first kappa shape index (κ1) is 15.3. The largest absolute Gasteiger partial charge is 0.395 e. The van der Waals surface area contributed by atoms with E-state index in [1.807, 2.05) is 45.2 Å². The van der Waals surface area contributed by atoms with Crippen LogP contribution in [0, 0.1) is 0 Å². The van der Waals surface area contributed by atoms with Crippen LogP contribution in [0.4, 0.5) is 5.69 Å². The summed E-state index contributed by atoms with van der Waals surface area (Å²) in [4.78, 5) is 18.7. The molecule has 0 fully saturated rings. The molecule has 0 aliphatic rings. The summed E-state index contributed by atoms with van der Waals surface area (Å²) in [5.74, 6) is -0.165. The van der Waals surface area contributed by atoms with Gasteiger partial charge in [-0.15, -0.1) is 0 Å². The minimum absolute atomic E-state index is 0.0101. The summed E-state index contributed by atoms with van der Waals surface area (Å²) in [5, 5.41) is 13.2. The number of amides is 1. The number of pyridine rings is 1. The molecule has 0 atom stereocenters. The lowest BCUT2D eigenvalue weighted by atomic mass is 10.1. The molecule has 0 unspecified atom stereocenters. The number of anilines is 1. The zero-order valence-corrected chi connectivity index (χ0v) is 12.6. The maximum absolute atomic E-state index is 12.6. The first-order chi connectivity index (χ1) is 10.1. The maximum atomic E-state index is 12.6. The Morgan fingerprint density at radius 2 is 2.10 bits per heavy atom. The third kappa shape index (κ3) is 3.13. The average Bonchev–Trinajstić information content (AvgIpc) is 2.50. The van der Waals surface area contributed by atoms with Crippen LogP contribution >= 0.6 is 0 Å². The van der Waals surface area contributed by atoms with E-state index < -0.39 is 0 Å². The number of carbonyl (C=O) groups excluding carboxylic acids is 1. The molecule has 21 heavy (non-hydrogen) atoms. The third-order valence-electron chi connectivity index (χ3n) is 3.43.